The molecule has 4 heterocycles. The Balaban J connectivity index is 1.25. The molecular formula is C24H22ClF4N7O. The average molecular weight is 536 g/mol. The minimum Gasteiger partial charge on any atom is -0.361 e. The van der Waals surface area contributed by atoms with Gasteiger partial charge in [-0.25, -0.2) is 14.4 Å². The van der Waals surface area contributed by atoms with Crippen molar-refractivity contribution in [3.05, 3.63) is 71.4 Å². The van der Waals surface area contributed by atoms with Gasteiger partial charge in [0.25, 0.3) is 0 Å². The Morgan fingerprint density at radius 1 is 1.14 bits per heavy atom. The van der Waals surface area contributed by atoms with E-state index in [9.17, 15) is 22.4 Å². The molecule has 2 aliphatic rings. The summed E-state index contributed by atoms with van der Waals surface area (Å²) in [6, 6.07) is 0.855. The second kappa shape index (κ2) is 10.0. The van der Waals surface area contributed by atoms with Crippen LogP contribution in [0, 0.1) is 0 Å². The van der Waals surface area contributed by atoms with Gasteiger partial charge < -0.3 is 15.1 Å². The molecule has 1 fully saturated rings. The second-order valence-corrected chi connectivity index (χ2v) is 9.05. The molecule has 1 N–H and O–H groups in total. The van der Waals surface area contributed by atoms with E-state index in [1.165, 1.54) is 6.08 Å². The summed E-state index contributed by atoms with van der Waals surface area (Å²) in [4.78, 5) is 28.9. The number of hydrogen-bond acceptors (Lipinski definition) is 6. The van der Waals surface area contributed by atoms with Gasteiger partial charge in [0.05, 0.1) is 34.9 Å². The van der Waals surface area contributed by atoms with Gasteiger partial charge in [-0.2, -0.15) is 13.2 Å². The molecule has 13 heteroatoms. The summed E-state index contributed by atoms with van der Waals surface area (Å²) >= 11 is 6.07. The predicted octanol–water partition coefficient (Wildman–Crippen LogP) is 4.10. The molecule has 194 valence electrons. The van der Waals surface area contributed by atoms with Crippen molar-refractivity contribution < 1.29 is 22.4 Å². The Labute approximate surface area is 214 Å². The van der Waals surface area contributed by atoms with E-state index in [0.29, 0.717) is 43.3 Å². The largest absolute Gasteiger partial charge is 0.417 e. The molecule has 1 saturated heterocycles. The lowest BCUT2D eigenvalue weighted by atomic mass is 9.95. The van der Waals surface area contributed by atoms with Crippen LogP contribution >= 0.6 is 11.6 Å². The third-order valence-corrected chi connectivity index (χ3v) is 6.61. The summed E-state index contributed by atoms with van der Waals surface area (Å²) < 4.78 is 55.1. The summed E-state index contributed by atoms with van der Waals surface area (Å²) in [5, 5.41) is 3.03. The Bertz CT molecular complexity index is 1360. The number of piperazine rings is 1. The molecule has 2 unspecified atom stereocenters. The molecule has 1 aliphatic heterocycles. The van der Waals surface area contributed by atoms with Crippen molar-refractivity contribution >= 4 is 34.8 Å². The molecular weight excluding hydrogens is 514 g/mol. The Morgan fingerprint density at radius 3 is 2.59 bits per heavy atom. The van der Waals surface area contributed by atoms with Gasteiger partial charge in [0.1, 0.15) is 17.8 Å². The van der Waals surface area contributed by atoms with Crippen LogP contribution < -0.4 is 10.2 Å². The van der Waals surface area contributed by atoms with Crippen LogP contribution in [0.25, 0.3) is 5.65 Å². The van der Waals surface area contributed by atoms with Crippen LogP contribution in [-0.4, -0.2) is 69.1 Å². The minimum absolute atomic E-state index is 0.0500. The van der Waals surface area contributed by atoms with Crippen molar-refractivity contribution in [1.82, 2.24) is 24.3 Å². The van der Waals surface area contributed by atoms with Crippen LogP contribution in [0.2, 0.25) is 5.02 Å². The molecule has 1 amide bonds. The molecule has 0 spiro atoms. The average Bonchev–Trinajstić information content (AvgIpc) is 3.25. The standard InChI is InChI=1S/C24H22ClF4N7O/c25-17-11-15(24(27,28)29)12-31-22(17)35-9-7-34(8-10-35)20(37)14-32-23-21(16-3-1-2-4-18(16)26)33-19-13-30-5-6-36(19)23/h1-6,11-13,16,18,32H,7-10,14H2. The first-order chi connectivity index (χ1) is 17.7. The maximum atomic E-state index is 14.6. The normalized spacial score (nSPS) is 20.0. The van der Waals surface area contributed by atoms with Gasteiger partial charge in [-0.1, -0.05) is 29.8 Å². The number of carbonyl (C=O) groups excluding carboxylic acids is 1. The molecule has 2 atom stereocenters. The van der Waals surface area contributed by atoms with Crippen LogP contribution in [0.1, 0.15) is 17.2 Å². The first-order valence-corrected chi connectivity index (χ1v) is 11.9. The summed E-state index contributed by atoms with van der Waals surface area (Å²) in [5.74, 6) is -0.0269. The van der Waals surface area contributed by atoms with Crippen molar-refractivity contribution in [2.75, 3.05) is 42.9 Å². The van der Waals surface area contributed by atoms with Gasteiger partial charge in [0.15, 0.2) is 5.65 Å². The fourth-order valence-corrected chi connectivity index (χ4v) is 4.70. The first-order valence-electron chi connectivity index (χ1n) is 11.5. The molecule has 0 aromatic carbocycles. The van der Waals surface area contributed by atoms with Gasteiger partial charge >= 0.3 is 6.18 Å². The maximum absolute atomic E-state index is 14.6. The van der Waals surface area contributed by atoms with Crippen LogP contribution in [-0.2, 0) is 11.0 Å². The number of amides is 1. The molecule has 3 aromatic rings. The highest BCUT2D eigenvalue weighted by Crippen LogP contribution is 2.34. The van der Waals surface area contributed by atoms with Crippen LogP contribution in [0.5, 0.6) is 0 Å². The van der Waals surface area contributed by atoms with E-state index in [0.717, 1.165) is 12.3 Å². The number of carbonyl (C=O) groups is 1. The molecule has 5 rings (SSSR count). The van der Waals surface area contributed by atoms with Gasteiger partial charge in [-0.3, -0.25) is 14.2 Å². The molecule has 1 aliphatic carbocycles. The number of fused-ring (bicyclic) bond motifs is 1. The van der Waals surface area contributed by atoms with Crippen molar-refractivity contribution in [2.24, 2.45) is 0 Å². The fraction of sp³-hybridized carbons (Fsp3) is 0.333. The number of allylic oxidation sites excluding steroid dienone is 4. The van der Waals surface area contributed by atoms with E-state index in [1.807, 2.05) is 0 Å². The zero-order chi connectivity index (χ0) is 26.2. The highest BCUT2D eigenvalue weighted by molar-refractivity contribution is 6.33. The van der Waals surface area contributed by atoms with E-state index in [4.69, 9.17) is 11.6 Å². The third-order valence-electron chi connectivity index (χ3n) is 6.33. The number of imidazole rings is 1. The number of hydrogen-bond donors (Lipinski definition) is 1. The number of halogens is 5. The number of pyridine rings is 1. The highest BCUT2D eigenvalue weighted by Gasteiger charge is 2.33. The number of aromatic nitrogens is 4. The maximum Gasteiger partial charge on any atom is 0.417 e. The lowest BCUT2D eigenvalue weighted by molar-refractivity contribution is -0.137. The van der Waals surface area contributed by atoms with Gasteiger partial charge in [0.2, 0.25) is 5.91 Å². The fourth-order valence-electron chi connectivity index (χ4n) is 4.41. The van der Waals surface area contributed by atoms with E-state index >= 15 is 0 Å². The van der Waals surface area contributed by atoms with Crippen LogP contribution in [0.3, 0.4) is 0 Å². The quantitative estimate of drug-likeness (QED) is 0.496. The Hall–Kier alpha value is -3.67. The van der Waals surface area contributed by atoms with E-state index in [1.54, 1.807) is 51.0 Å². The third kappa shape index (κ3) is 5.10. The van der Waals surface area contributed by atoms with E-state index < -0.39 is 23.8 Å². The lowest BCUT2D eigenvalue weighted by Crippen LogP contribution is -2.50. The number of rotatable bonds is 5. The van der Waals surface area contributed by atoms with Crippen molar-refractivity contribution in [3.8, 4) is 0 Å². The van der Waals surface area contributed by atoms with Gasteiger partial charge in [-0.05, 0) is 12.1 Å². The Morgan fingerprint density at radius 2 is 1.89 bits per heavy atom. The first kappa shape index (κ1) is 25.0. The zero-order valence-electron chi connectivity index (χ0n) is 19.4. The number of nitrogens with zero attached hydrogens (tertiary/aromatic N) is 6. The molecule has 3 aromatic heterocycles. The molecule has 0 radical (unpaired) electrons. The summed E-state index contributed by atoms with van der Waals surface area (Å²) in [6.45, 7) is 1.35. The zero-order valence-corrected chi connectivity index (χ0v) is 20.1. The summed E-state index contributed by atoms with van der Waals surface area (Å²) in [5.41, 5.74) is 0.0846. The predicted molar refractivity (Wildman–Crippen MR) is 130 cm³/mol. The van der Waals surface area contributed by atoms with E-state index in [2.05, 4.69) is 20.3 Å². The van der Waals surface area contributed by atoms with Crippen molar-refractivity contribution in [1.29, 1.82) is 0 Å². The smallest absolute Gasteiger partial charge is 0.361 e. The van der Waals surface area contributed by atoms with Crippen molar-refractivity contribution in [3.63, 3.8) is 0 Å². The van der Waals surface area contributed by atoms with E-state index in [-0.39, 0.29) is 23.3 Å². The number of alkyl halides is 4. The molecule has 0 bridgehead atoms. The van der Waals surface area contributed by atoms with Crippen molar-refractivity contribution in [2.45, 2.75) is 18.3 Å². The summed E-state index contributed by atoms with van der Waals surface area (Å²) in [6.07, 6.45) is 6.39. The minimum atomic E-state index is -4.53. The van der Waals surface area contributed by atoms with Gasteiger partial charge in [-0.15, -0.1) is 0 Å². The highest BCUT2D eigenvalue weighted by atomic mass is 35.5. The number of anilines is 2. The molecule has 0 saturated carbocycles. The molecule has 37 heavy (non-hydrogen) atoms. The Kier molecular flexibility index (Phi) is 6.76. The second-order valence-electron chi connectivity index (χ2n) is 8.64. The van der Waals surface area contributed by atoms with Crippen LogP contribution in [0.4, 0.5) is 29.2 Å². The lowest BCUT2D eigenvalue weighted by Gasteiger charge is -2.36. The monoisotopic (exact) mass is 535 g/mol. The SMILES string of the molecule is O=C(CNc1c(C2C=CC=CC2F)nc2cnccn12)N1CCN(c2ncc(C(F)(F)F)cc2Cl)CC1. The van der Waals surface area contributed by atoms with Gasteiger partial charge in [0, 0.05) is 44.8 Å². The topological polar surface area (TPSA) is 78.7 Å². The van der Waals surface area contributed by atoms with Crippen LogP contribution in [0.15, 0.2) is 55.2 Å². The summed E-state index contributed by atoms with van der Waals surface area (Å²) in [7, 11) is 0. The molecule has 8 nitrogen and oxygen atoms in total. The number of nitrogens with one attached hydrogen (secondary N) is 1.